The van der Waals surface area contributed by atoms with Crippen molar-refractivity contribution < 1.29 is 42.8 Å². The molecule has 1 aliphatic rings. The molecule has 2 amide bonds. The van der Waals surface area contributed by atoms with E-state index in [0.717, 1.165) is 18.4 Å². The first kappa shape index (κ1) is 33.1. The molecule has 1 aromatic rings. The fourth-order valence-corrected chi connectivity index (χ4v) is 3.65. The number of benzene rings is 1. The van der Waals surface area contributed by atoms with Crippen molar-refractivity contribution in [3.8, 4) is 0 Å². The summed E-state index contributed by atoms with van der Waals surface area (Å²) in [6.45, 7) is 12.4. The molecule has 10 nitrogen and oxygen atoms in total. The second-order valence-corrected chi connectivity index (χ2v) is 10.8. The Morgan fingerprint density at radius 3 is 2.18 bits per heavy atom. The fraction of sp³-hybridized carbons (Fsp3) is 0.724. The van der Waals surface area contributed by atoms with Gasteiger partial charge >= 0.3 is 6.09 Å². The van der Waals surface area contributed by atoms with Crippen LogP contribution in [0, 0.1) is 5.92 Å². The lowest BCUT2D eigenvalue weighted by atomic mass is 10.1. The predicted molar refractivity (Wildman–Crippen MR) is 145 cm³/mol. The van der Waals surface area contributed by atoms with E-state index in [9.17, 15) is 9.59 Å². The highest BCUT2D eigenvalue weighted by Crippen LogP contribution is 2.20. The van der Waals surface area contributed by atoms with E-state index in [-0.39, 0.29) is 19.1 Å². The SMILES string of the molecule is CC(C)CC(OCCOCCOCCOCc1ccccc1)C(=O)N(OC1CCCCO1)C(=O)OC(C)(C)C. The summed E-state index contributed by atoms with van der Waals surface area (Å²) in [5, 5.41) is 0.669. The van der Waals surface area contributed by atoms with Gasteiger partial charge in [0, 0.05) is 13.0 Å². The number of carbonyl (C=O) groups excluding carboxylic acids is 2. The molecule has 2 atom stereocenters. The van der Waals surface area contributed by atoms with Gasteiger partial charge in [0.05, 0.1) is 46.2 Å². The van der Waals surface area contributed by atoms with Crippen LogP contribution >= 0.6 is 0 Å². The molecule has 0 radical (unpaired) electrons. The van der Waals surface area contributed by atoms with Crippen LogP contribution in [-0.2, 0) is 44.7 Å². The van der Waals surface area contributed by atoms with Crippen molar-refractivity contribution in [2.45, 2.75) is 84.9 Å². The molecule has 1 fully saturated rings. The number of carbonyl (C=O) groups is 2. The van der Waals surface area contributed by atoms with Gasteiger partial charge in [-0.05, 0) is 51.5 Å². The Balaban J connectivity index is 1.73. The Bertz CT molecular complexity index is 807. The highest BCUT2D eigenvalue weighted by atomic mass is 16.8. The van der Waals surface area contributed by atoms with Crippen LogP contribution in [0.15, 0.2) is 30.3 Å². The Hall–Kier alpha value is -2.08. The molecule has 2 unspecified atom stereocenters. The minimum atomic E-state index is -0.900. The molecule has 0 spiro atoms. The Labute approximate surface area is 233 Å². The van der Waals surface area contributed by atoms with E-state index >= 15 is 0 Å². The van der Waals surface area contributed by atoms with Crippen molar-refractivity contribution in [2.75, 3.05) is 46.2 Å². The normalized spacial score (nSPS) is 16.7. The van der Waals surface area contributed by atoms with E-state index in [1.54, 1.807) is 20.8 Å². The van der Waals surface area contributed by atoms with E-state index < -0.39 is 30.0 Å². The van der Waals surface area contributed by atoms with Gasteiger partial charge in [0.1, 0.15) is 11.7 Å². The van der Waals surface area contributed by atoms with Gasteiger partial charge < -0.3 is 28.4 Å². The zero-order chi connectivity index (χ0) is 28.5. The van der Waals surface area contributed by atoms with Crippen LogP contribution in [0.2, 0.25) is 0 Å². The number of hydroxylamine groups is 2. The standard InChI is InChI=1S/C29H47NO9/c1-23(2)21-25(27(31)30(28(32)38-29(3,4)5)39-26-13-9-10-14-37-26)36-20-19-34-16-15-33-17-18-35-22-24-11-7-6-8-12-24/h6-8,11-12,23,25-26H,9-10,13-22H2,1-5H3. The number of rotatable bonds is 17. The van der Waals surface area contributed by atoms with Gasteiger partial charge in [0.15, 0.2) is 6.29 Å². The first-order valence-electron chi connectivity index (χ1n) is 13.9. The number of hydrogen-bond acceptors (Lipinski definition) is 9. The molecule has 0 bridgehead atoms. The lowest BCUT2D eigenvalue weighted by Crippen LogP contribution is -2.49. The van der Waals surface area contributed by atoms with E-state index in [2.05, 4.69) is 0 Å². The third-order valence-corrected chi connectivity index (χ3v) is 5.48. The molecular formula is C29H47NO9. The smallest absolute Gasteiger partial charge is 0.442 e. The molecule has 0 saturated carbocycles. The number of ether oxygens (including phenoxy) is 6. The largest absolute Gasteiger partial charge is 0.442 e. The summed E-state index contributed by atoms with van der Waals surface area (Å²) in [6, 6.07) is 9.97. The second kappa shape index (κ2) is 18.3. The summed E-state index contributed by atoms with van der Waals surface area (Å²) in [4.78, 5) is 32.0. The fourth-order valence-electron chi connectivity index (χ4n) is 3.65. The van der Waals surface area contributed by atoms with Gasteiger partial charge in [0.25, 0.3) is 5.91 Å². The van der Waals surface area contributed by atoms with Crippen LogP contribution in [0.1, 0.15) is 65.9 Å². The highest BCUT2D eigenvalue weighted by molar-refractivity contribution is 5.93. The maximum atomic E-state index is 13.4. The van der Waals surface area contributed by atoms with Crippen molar-refractivity contribution >= 4 is 12.0 Å². The first-order valence-corrected chi connectivity index (χ1v) is 13.9. The highest BCUT2D eigenvalue weighted by Gasteiger charge is 2.36. The summed E-state index contributed by atoms with van der Waals surface area (Å²) >= 11 is 0. The molecule has 1 heterocycles. The topological polar surface area (TPSA) is 102 Å². The van der Waals surface area contributed by atoms with Crippen LogP contribution in [0.4, 0.5) is 4.79 Å². The quantitative estimate of drug-likeness (QED) is 0.197. The van der Waals surface area contributed by atoms with Gasteiger partial charge in [-0.15, -0.1) is 5.06 Å². The van der Waals surface area contributed by atoms with Gasteiger partial charge in [-0.25, -0.2) is 9.63 Å². The zero-order valence-electron chi connectivity index (χ0n) is 24.2. The monoisotopic (exact) mass is 553 g/mol. The predicted octanol–water partition coefficient (Wildman–Crippen LogP) is 4.89. The summed E-state index contributed by atoms with van der Waals surface area (Å²) in [7, 11) is 0. The molecule has 39 heavy (non-hydrogen) atoms. The Morgan fingerprint density at radius 1 is 0.949 bits per heavy atom. The lowest BCUT2D eigenvalue weighted by molar-refractivity contribution is -0.271. The van der Waals surface area contributed by atoms with Crippen molar-refractivity contribution in [3.63, 3.8) is 0 Å². The maximum absolute atomic E-state index is 13.4. The summed E-state index contributed by atoms with van der Waals surface area (Å²) in [5.74, 6) is -0.477. The number of imide groups is 1. The first-order chi connectivity index (χ1) is 18.7. The molecule has 1 saturated heterocycles. The van der Waals surface area contributed by atoms with E-state index in [1.807, 2.05) is 44.2 Å². The minimum Gasteiger partial charge on any atom is -0.442 e. The molecule has 1 aliphatic heterocycles. The molecule has 0 N–H and O–H groups in total. The van der Waals surface area contributed by atoms with Crippen LogP contribution in [-0.4, -0.2) is 81.3 Å². The lowest BCUT2D eigenvalue weighted by Gasteiger charge is -2.31. The summed E-state index contributed by atoms with van der Waals surface area (Å²) in [5.41, 5.74) is 0.322. The number of amides is 2. The average molecular weight is 554 g/mol. The molecule has 0 aliphatic carbocycles. The van der Waals surface area contributed by atoms with E-state index in [1.165, 1.54) is 0 Å². The molecular weight excluding hydrogens is 506 g/mol. The third kappa shape index (κ3) is 14.8. The van der Waals surface area contributed by atoms with E-state index in [4.69, 9.17) is 33.3 Å². The van der Waals surface area contributed by atoms with Crippen LogP contribution in [0.25, 0.3) is 0 Å². The third-order valence-electron chi connectivity index (χ3n) is 5.48. The van der Waals surface area contributed by atoms with Crippen LogP contribution in [0.5, 0.6) is 0 Å². The number of hydrogen-bond donors (Lipinski definition) is 0. The van der Waals surface area contributed by atoms with Crippen molar-refractivity contribution in [2.24, 2.45) is 5.92 Å². The molecule has 222 valence electrons. The van der Waals surface area contributed by atoms with Gasteiger partial charge in [0.2, 0.25) is 0 Å². The average Bonchev–Trinajstić information content (AvgIpc) is 2.89. The molecule has 1 aromatic carbocycles. The second-order valence-electron chi connectivity index (χ2n) is 10.8. The van der Waals surface area contributed by atoms with Gasteiger partial charge in [-0.1, -0.05) is 44.2 Å². The van der Waals surface area contributed by atoms with Gasteiger partial charge in [-0.3, -0.25) is 4.79 Å². The zero-order valence-corrected chi connectivity index (χ0v) is 24.2. The summed E-state index contributed by atoms with van der Waals surface area (Å²) < 4.78 is 33.6. The number of nitrogens with zero attached hydrogens (tertiary/aromatic N) is 1. The van der Waals surface area contributed by atoms with Crippen LogP contribution in [0.3, 0.4) is 0 Å². The van der Waals surface area contributed by atoms with Crippen molar-refractivity contribution in [1.82, 2.24) is 5.06 Å². The van der Waals surface area contributed by atoms with E-state index in [0.29, 0.717) is 57.5 Å². The Morgan fingerprint density at radius 2 is 1.59 bits per heavy atom. The minimum absolute atomic E-state index is 0.142. The van der Waals surface area contributed by atoms with Gasteiger partial charge in [-0.2, -0.15) is 0 Å². The van der Waals surface area contributed by atoms with Crippen LogP contribution < -0.4 is 0 Å². The maximum Gasteiger partial charge on any atom is 0.442 e. The molecule has 0 aromatic heterocycles. The Kier molecular flexibility index (Phi) is 15.5. The summed E-state index contributed by atoms with van der Waals surface area (Å²) in [6.07, 6.45) is 0.294. The molecule has 10 heteroatoms. The van der Waals surface area contributed by atoms with Crippen molar-refractivity contribution in [1.29, 1.82) is 0 Å². The van der Waals surface area contributed by atoms with Crippen molar-refractivity contribution in [3.05, 3.63) is 35.9 Å². The molecule has 2 rings (SSSR count).